The van der Waals surface area contributed by atoms with E-state index < -0.39 is 5.82 Å². The third-order valence-electron chi connectivity index (χ3n) is 2.35. The molecule has 0 spiro atoms. The van der Waals surface area contributed by atoms with Gasteiger partial charge in [0.1, 0.15) is 5.82 Å². The van der Waals surface area contributed by atoms with Crippen molar-refractivity contribution < 1.29 is 8.91 Å². The molecule has 1 N–H and O–H groups in total. The number of benzene rings is 1. The molecule has 0 fully saturated rings. The van der Waals surface area contributed by atoms with Crippen LogP contribution < -0.4 is 5.32 Å². The predicted molar refractivity (Wildman–Crippen MR) is 66.7 cm³/mol. The van der Waals surface area contributed by atoms with Gasteiger partial charge in [-0.15, -0.1) is 0 Å². The SMILES string of the molecule is CCCNCc1nc(-c2ccc(F)c(Cl)c2)no1. The molecule has 1 heterocycles. The third kappa shape index (κ3) is 3.05. The molecular formula is C12H13ClFN3O. The van der Waals surface area contributed by atoms with Crippen molar-refractivity contribution >= 4 is 11.6 Å². The van der Waals surface area contributed by atoms with Crippen LogP contribution in [-0.2, 0) is 6.54 Å². The Morgan fingerprint density at radius 1 is 1.44 bits per heavy atom. The van der Waals surface area contributed by atoms with Crippen LogP contribution in [0.25, 0.3) is 11.4 Å². The maximum atomic E-state index is 13.0. The van der Waals surface area contributed by atoms with Crippen molar-refractivity contribution in [1.82, 2.24) is 15.5 Å². The standard InChI is InChI=1S/C12H13ClFN3O/c1-2-5-15-7-11-16-12(17-18-11)8-3-4-10(14)9(13)6-8/h3-4,6,15H,2,5,7H2,1H3. The Kier molecular flexibility index (Phi) is 4.28. The quantitative estimate of drug-likeness (QED) is 0.848. The van der Waals surface area contributed by atoms with Crippen LogP contribution in [0.1, 0.15) is 19.2 Å². The minimum Gasteiger partial charge on any atom is -0.338 e. The van der Waals surface area contributed by atoms with Gasteiger partial charge >= 0.3 is 0 Å². The van der Waals surface area contributed by atoms with Crippen molar-refractivity contribution in [3.63, 3.8) is 0 Å². The Balaban J connectivity index is 2.11. The van der Waals surface area contributed by atoms with E-state index in [4.69, 9.17) is 16.1 Å². The maximum Gasteiger partial charge on any atom is 0.240 e. The summed E-state index contributed by atoms with van der Waals surface area (Å²) >= 11 is 5.70. The van der Waals surface area contributed by atoms with Crippen LogP contribution >= 0.6 is 11.6 Å². The van der Waals surface area contributed by atoms with Crippen molar-refractivity contribution in [3.05, 3.63) is 34.9 Å². The third-order valence-corrected chi connectivity index (χ3v) is 2.64. The Morgan fingerprint density at radius 2 is 2.28 bits per heavy atom. The summed E-state index contributed by atoms with van der Waals surface area (Å²) in [6, 6.07) is 4.32. The molecule has 1 aromatic heterocycles. The summed E-state index contributed by atoms with van der Waals surface area (Å²) in [5.41, 5.74) is 0.631. The van der Waals surface area contributed by atoms with Crippen LogP contribution in [0.3, 0.4) is 0 Å². The molecule has 18 heavy (non-hydrogen) atoms. The van der Waals surface area contributed by atoms with Gasteiger partial charge in [-0.1, -0.05) is 23.7 Å². The van der Waals surface area contributed by atoms with E-state index in [9.17, 15) is 4.39 Å². The van der Waals surface area contributed by atoms with Gasteiger partial charge in [0.2, 0.25) is 11.7 Å². The minimum atomic E-state index is -0.464. The Bertz CT molecular complexity index is 530. The molecule has 2 rings (SSSR count). The number of hydrogen-bond acceptors (Lipinski definition) is 4. The van der Waals surface area contributed by atoms with Gasteiger partial charge in [0.15, 0.2) is 0 Å². The van der Waals surface area contributed by atoms with Gasteiger partial charge in [-0.25, -0.2) is 4.39 Å². The van der Waals surface area contributed by atoms with Gasteiger partial charge in [-0.05, 0) is 31.2 Å². The zero-order valence-electron chi connectivity index (χ0n) is 9.91. The zero-order valence-corrected chi connectivity index (χ0v) is 10.7. The molecule has 0 radical (unpaired) electrons. The fourth-order valence-corrected chi connectivity index (χ4v) is 1.63. The first-order valence-electron chi connectivity index (χ1n) is 5.69. The summed E-state index contributed by atoms with van der Waals surface area (Å²) in [6.45, 7) is 3.49. The summed E-state index contributed by atoms with van der Waals surface area (Å²) in [5.74, 6) is 0.442. The van der Waals surface area contributed by atoms with Gasteiger partial charge in [0.25, 0.3) is 0 Å². The van der Waals surface area contributed by atoms with Crippen LogP contribution in [0.2, 0.25) is 5.02 Å². The summed E-state index contributed by atoms with van der Waals surface area (Å²) in [4.78, 5) is 4.20. The van der Waals surface area contributed by atoms with Gasteiger partial charge in [0.05, 0.1) is 11.6 Å². The first-order valence-corrected chi connectivity index (χ1v) is 6.07. The minimum absolute atomic E-state index is 0.0444. The molecule has 96 valence electrons. The lowest BCUT2D eigenvalue weighted by atomic mass is 10.2. The van der Waals surface area contributed by atoms with E-state index in [1.54, 1.807) is 6.07 Å². The van der Waals surface area contributed by atoms with Gasteiger partial charge in [0, 0.05) is 5.56 Å². The zero-order chi connectivity index (χ0) is 13.0. The lowest BCUT2D eigenvalue weighted by Gasteiger charge is -1.97. The molecule has 0 atom stereocenters. The van der Waals surface area contributed by atoms with Crippen molar-refractivity contribution in [2.45, 2.75) is 19.9 Å². The summed E-state index contributed by atoms with van der Waals surface area (Å²) in [5, 5.41) is 7.03. The lowest BCUT2D eigenvalue weighted by Crippen LogP contribution is -2.13. The van der Waals surface area contributed by atoms with E-state index in [0.29, 0.717) is 23.8 Å². The average Bonchev–Trinajstić information content (AvgIpc) is 2.82. The molecule has 4 nitrogen and oxygen atoms in total. The van der Waals surface area contributed by atoms with Crippen LogP contribution in [0.15, 0.2) is 22.7 Å². The molecule has 0 aliphatic carbocycles. The van der Waals surface area contributed by atoms with Gasteiger partial charge < -0.3 is 9.84 Å². The number of aromatic nitrogens is 2. The van der Waals surface area contributed by atoms with Crippen molar-refractivity contribution in [2.24, 2.45) is 0 Å². The van der Waals surface area contributed by atoms with E-state index in [-0.39, 0.29) is 5.02 Å². The van der Waals surface area contributed by atoms with Crippen LogP contribution in [-0.4, -0.2) is 16.7 Å². The summed E-state index contributed by atoms with van der Waals surface area (Å²) in [6.07, 6.45) is 1.04. The molecule has 0 bridgehead atoms. The van der Waals surface area contributed by atoms with E-state index in [1.807, 2.05) is 0 Å². The number of rotatable bonds is 5. The van der Waals surface area contributed by atoms with Crippen LogP contribution in [0.4, 0.5) is 4.39 Å². The predicted octanol–water partition coefficient (Wildman–Crippen LogP) is 3.03. The van der Waals surface area contributed by atoms with E-state index >= 15 is 0 Å². The fourth-order valence-electron chi connectivity index (χ4n) is 1.45. The second kappa shape index (κ2) is 5.93. The number of halogens is 2. The molecule has 1 aromatic carbocycles. The number of hydrogen-bond donors (Lipinski definition) is 1. The molecule has 0 saturated heterocycles. The highest BCUT2D eigenvalue weighted by atomic mass is 35.5. The Morgan fingerprint density at radius 3 is 3.00 bits per heavy atom. The lowest BCUT2D eigenvalue weighted by molar-refractivity contribution is 0.368. The topological polar surface area (TPSA) is 51.0 Å². The average molecular weight is 270 g/mol. The molecule has 0 aliphatic heterocycles. The summed E-state index contributed by atoms with van der Waals surface area (Å²) in [7, 11) is 0. The Hall–Kier alpha value is -1.46. The molecule has 0 saturated carbocycles. The maximum absolute atomic E-state index is 13.0. The largest absolute Gasteiger partial charge is 0.338 e. The van der Waals surface area contributed by atoms with Gasteiger partial charge in [-0.2, -0.15) is 4.98 Å². The molecule has 0 unspecified atom stereocenters. The monoisotopic (exact) mass is 269 g/mol. The number of nitrogens with zero attached hydrogens (tertiary/aromatic N) is 2. The van der Waals surface area contributed by atoms with Crippen molar-refractivity contribution in [1.29, 1.82) is 0 Å². The highest BCUT2D eigenvalue weighted by molar-refractivity contribution is 6.31. The van der Waals surface area contributed by atoms with E-state index in [0.717, 1.165) is 13.0 Å². The molecular weight excluding hydrogens is 257 g/mol. The summed E-state index contributed by atoms with van der Waals surface area (Å²) < 4.78 is 18.1. The van der Waals surface area contributed by atoms with Crippen molar-refractivity contribution in [2.75, 3.05) is 6.54 Å². The fraction of sp³-hybridized carbons (Fsp3) is 0.333. The highest BCUT2D eigenvalue weighted by Gasteiger charge is 2.10. The second-order valence-electron chi connectivity index (χ2n) is 3.82. The molecule has 6 heteroatoms. The molecule has 2 aromatic rings. The second-order valence-corrected chi connectivity index (χ2v) is 4.22. The van der Waals surface area contributed by atoms with Gasteiger partial charge in [-0.3, -0.25) is 0 Å². The first kappa shape index (κ1) is 13.0. The van der Waals surface area contributed by atoms with Crippen molar-refractivity contribution in [3.8, 4) is 11.4 Å². The van der Waals surface area contributed by atoms with E-state index in [1.165, 1.54) is 12.1 Å². The smallest absolute Gasteiger partial charge is 0.240 e. The highest BCUT2D eigenvalue weighted by Crippen LogP contribution is 2.22. The first-order chi connectivity index (χ1) is 8.70. The Labute approximate surface area is 109 Å². The normalized spacial score (nSPS) is 10.8. The number of nitrogens with one attached hydrogen (secondary N) is 1. The van der Waals surface area contributed by atoms with E-state index in [2.05, 4.69) is 22.4 Å². The van der Waals surface area contributed by atoms with Crippen LogP contribution in [0.5, 0.6) is 0 Å². The molecule has 0 aliphatic rings. The van der Waals surface area contributed by atoms with Crippen LogP contribution in [0, 0.1) is 5.82 Å². The molecule has 0 amide bonds.